The number of nitrogens with two attached hydrogens (primary N) is 1. The molecule has 2 aromatic rings. The van der Waals surface area contributed by atoms with Gasteiger partial charge in [-0.25, -0.2) is 9.67 Å². The molecule has 0 radical (unpaired) electrons. The minimum Gasteiger partial charge on any atom is -0.366 e. The van der Waals surface area contributed by atoms with Crippen molar-refractivity contribution in [3.63, 3.8) is 0 Å². The second-order valence-electron chi connectivity index (χ2n) is 7.45. The summed E-state index contributed by atoms with van der Waals surface area (Å²) in [5, 5.41) is 8.89. The van der Waals surface area contributed by atoms with Crippen LogP contribution in [0.4, 0.5) is 5.82 Å². The number of hydrogen-bond donors (Lipinski definition) is 1. The summed E-state index contributed by atoms with van der Waals surface area (Å²) in [7, 11) is 0. The van der Waals surface area contributed by atoms with Crippen molar-refractivity contribution in [1.29, 1.82) is 0 Å². The van der Waals surface area contributed by atoms with Crippen LogP contribution in [0.3, 0.4) is 0 Å². The number of aromatic nitrogens is 4. The fourth-order valence-electron chi connectivity index (χ4n) is 4.13. The van der Waals surface area contributed by atoms with Crippen molar-refractivity contribution >= 4 is 11.7 Å². The first-order valence-corrected chi connectivity index (χ1v) is 9.63. The Bertz CT molecular complexity index is 742. The fourth-order valence-corrected chi connectivity index (χ4v) is 4.13. The molecular formula is C19H26N6O. The molecule has 26 heavy (non-hydrogen) atoms. The lowest BCUT2D eigenvalue weighted by Gasteiger charge is -2.32. The summed E-state index contributed by atoms with van der Waals surface area (Å²) >= 11 is 0. The van der Waals surface area contributed by atoms with E-state index in [0.29, 0.717) is 17.5 Å². The van der Waals surface area contributed by atoms with Crippen LogP contribution in [0.15, 0.2) is 24.5 Å². The van der Waals surface area contributed by atoms with Gasteiger partial charge in [0.1, 0.15) is 5.82 Å². The molecule has 0 aromatic carbocycles. The summed E-state index contributed by atoms with van der Waals surface area (Å²) in [6.07, 6.45) is 12.3. The number of primary amides is 1. The van der Waals surface area contributed by atoms with Crippen molar-refractivity contribution in [2.45, 2.75) is 56.9 Å². The normalized spacial score (nSPS) is 19.6. The SMILES string of the molecule is NC(=O)c1ccc(N2CCC(n3cc(C4CCCCC4)nn3)CC2)nc1. The van der Waals surface area contributed by atoms with Crippen LogP contribution in [0.2, 0.25) is 0 Å². The molecule has 1 aliphatic heterocycles. The van der Waals surface area contributed by atoms with Gasteiger partial charge in [-0.1, -0.05) is 24.5 Å². The van der Waals surface area contributed by atoms with Crippen LogP contribution in [0.1, 0.15) is 73.0 Å². The highest BCUT2D eigenvalue weighted by atomic mass is 16.1. The number of carbonyl (C=O) groups is 1. The average molecular weight is 354 g/mol. The summed E-state index contributed by atoms with van der Waals surface area (Å²) < 4.78 is 2.07. The van der Waals surface area contributed by atoms with Gasteiger partial charge in [-0.2, -0.15) is 0 Å². The molecule has 1 saturated carbocycles. The van der Waals surface area contributed by atoms with Crippen molar-refractivity contribution < 1.29 is 4.79 Å². The van der Waals surface area contributed by atoms with E-state index >= 15 is 0 Å². The lowest BCUT2D eigenvalue weighted by molar-refractivity contribution is 0.1000. The van der Waals surface area contributed by atoms with Crippen LogP contribution in [0.25, 0.3) is 0 Å². The van der Waals surface area contributed by atoms with Crippen LogP contribution in [-0.4, -0.2) is 39.0 Å². The predicted octanol–water partition coefficient (Wildman–Crippen LogP) is 2.66. The van der Waals surface area contributed by atoms with Gasteiger partial charge in [0.15, 0.2) is 0 Å². The molecule has 1 amide bonds. The number of hydrogen-bond acceptors (Lipinski definition) is 5. The molecule has 2 aromatic heterocycles. The number of carbonyl (C=O) groups excluding carboxylic acids is 1. The van der Waals surface area contributed by atoms with Gasteiger partial charge in [-0.05, 0) is 37.8 Å². The van der Waals surface area contributed by atoms with Gasteiger partial charge in [-0.15, -0.1) is 5.10 Å². The number of rotatable bonds is 4. The Kier molecular flexibility index (Phi) is 4.86. The van der Waals surface area contributed by atoms with Crippen LogP contribution in [-0.2, 0) is 0 Å². The fraction of sp³-hybridized carbons (Fsp3) is 0.579. The zero-order valence-electron chi connectivity index (χ0n) is 15.0. The zero-order valence-corrected chi connectivity index (χ0v) is 15.0. The maximum Gasteiger partial charge on any atom is 0.250 e. The molecule has 7 heteroatoms. The van der Waals surface area contributed by atoms with Gasteiger partial charge in [-0.3, -0.25) is 4.79 Å². The number of piperidine rings is 1. The smallest absolute Gasteiger partial charge is 0.250 e. The Morgan fingerprint density at radius 2 is 1.85 bits per heavy atom. The highest BCUT2D eigenvalue weighted by molar-refractivity contribution is 5.92. The summed E-state index contributed by atoms with van der Waals surface area (Å²) in [4.78, 5) is 17.8. The zero-order chi connectivity index (χ0) is 17.9. The van der Waals surface area contributed by atoms with Crippen molar-refractivity contribution in [2.75, 3.05) is 18.0 Å². The highest BCUT2D eigenvalue weighted by Gasteiger charge is 2.24. The second kappa shape index (κ2) is 7.43. The molecule has 7 nitrogen and oxygen atoms in total. The quantitative estimate of drug-likeness (QED) is 0.911. The van der Waals surface area contributed by atoms with Crippen LogP contribution < -0.4 is 10.6 Å². The van der Waals surface area contributed by atoms with Crippen LogP contribution in [0, 0.1) is 0 Å². The van der Waals surface area contributed by atoms with Gasteiger partial charge in [0.05, 0.1) is 17.3 Å². The van der Waals surface area contributed by atoms with Gasteiger partial charge < -0.3 is 10.6 Å². The third-order valence-corrected chi connectivity index (χ3v) is 5.75. The molecule has 1 aliphatic carbocycles. The Morgan fingerprint density at radius 1 is 1.08 bits per heavy atom. The lowest BCUT2D eigenvalue weighted by Crippen LogP contribution is -2.35. The largest absolute Gasteiger partial charge is 0.366 e. The molecule has 1 saturated heterocycles. The first-order chi connectivity index (χ1) is 12.7. The standard InChI is InChI=1S/C19H26N6O/c20-19(26)15-6-7-18(21-12-15)24-10-8-16(9-11-24)25-13-17(22-23-25)14-4-2-1-3-5-14/h6-7,12-14,16H,1-5,8-11H2,(H2,20,26). The van der Waals surface area contributed by atoms with Crippen LogP contribution >= 0.6 is 0 Å². The van der Waals surface area contributed by atoms with E-state index in [1.165, 1.54) is 37.8 Å². The molecule has 0 atom stereocenters. The number of anilines is 1. The Labute approximate surface area is 153 Å². The third-order valence-electron chi connectivity index (χ3n) is 5.75. The van der Waals surface area contributed by atoms with Crippen molar-refractivity contribution in [2.24, 2.45) is 5.73 Å². The molecule has 2 fully saturated rings. The number of nitrogens with zero attached hydrogens (tertiary/aromatic N) is 5. The summed E-state index contributed by atoms with van der Waals surface area (Å²) in [6.45, 7) is 1.85. The van der Waals surface area contributed by atoms with E-state index in [-0.39, 0.29) is 0 Å². The first-order valence-electron chi connectivity index (χ1n) is 9.63. The third kappa shape index (κ3) is 3.57. The summed E-state index contributed by atoms with van der Waals surface area (Å²) in [5.41, 5.74) is 6.90. The molecule has 0 unspecified atom stereocenters. The van der Waals surface area contributed by atoms with E-state index in [1.54, 1.807) is 12.3 Å². The predicted molar refractivity (Wildman–Crippen MR) is 99.1 cm³/mol. The minimum atomic E-state index is -0.442. The van der Waals surface area contributed by atoms with Crippen LogP contribution in [0.5, 0.6) is 0 Å². The van der Waals surface area contributed by atoms with Crippen molar-refractivity contribution in [1.82, 2.24) is 20.0 Å². The Morgan fingerprint density at radius 3 is 2.50 bits per heavy atom. The number of amides is 1. The average Bonchev–Trinajstić information content (AvgIpc) is 3.19. The van der Waals surface area contributed by atoms with E-state index in [0.717, 1.165) is 31.7 Å². The van der Waals surface area contributed by atoms with Gasteiger partial charge >= 0.3 is 0 Å². The van der Waals surface area contributed by atoms with E-state index in [1.807, 2.05) is 6.07 Å². The van der Waals surface area contributed by atoms with E-state index in [9.17, 15) is 4.79 Å². The van der Waals surface area contributed by atoms with E-state index < -0.39 is 5.91 Å². The Balaban J connectivity index is 1.36. The lowest BCUT2D eigenvalue weighted by atomic mass is 9.87. The summed E-state index contributed by atoms with van der Waals surface area (Å²) in [5.74, 6) is 1.06. The molecule has 138 valence electrons. The van der Waals surface area contributed by atoms with E-state index in [4.69, 9.17) is 5.73 Å². The monoisotopic (exact) mass is 354 g/mol. The summed E-state index contributed by atoms with van der Waals surface area (Å²) in [6, 6.07) is 4.02. The minimum absolute atomic E-state index is 0.404. The molecule has 4 rings (SSSR count). The maximum atomic E-state index is 11.2. The molecular weight excluding hydrogens is 328 g/mol. The molecule has 3 heterocycles. The maximum absolute atomic E-state index is 11.2. The second-order valence-corrected chi connectivity index (χ2v) is 7.45. The van der Waals surface area contributed by atoms with Gasteiger partial charge in [0.25, 0.3) is 0 Å². The molecule has 0 spiro atoms. The van der Waals surface area contributed by atoms with Gasteiger partial charge in [0, 0.05) is 31.4 Å². The molecule has 2 N–H and O–H groups in total. The molecule has 0 bridgehead atoms. The highest BCUT2D eigenvalue weighted by Crippen LogP contribution is 2.32. The van der Waals surface area contributed by atoms with Gasteiger partial charge in [0.2, 0.25) is 5.91 Å². The van der Waals surface area contributed by atoms with Crippen molar-refractivity contribution in [3.05, 3.63) is 35.8 Å². The topological polar surface area (TPSA) is 89.9 Å². The number of pyridine rings is 1. The Hall–Kier alpha value is -2.44. The van der Waals surface area contributed by atoms with Crippen molar-refractivity contribution in [3.8, 4) is 0 Å². The molecule has 2 aliphatic rings. The first kappa shape index (κ1) is 17.0. The van der Waals surface area contributed by atoms with E-state index in [2.05, 4.69) is 31.1 Å².